The maximum atomic E-state index is 14.4. The van der Waals surface area contributed by atoms with Crippen molar-refractivity contribution < 1.29 is 36.6 Å². The average Bonchev–Trinajstić information content (AvgIpc) is 2.99. The number of carbonyl (C=O) groups excluding carboxylic acids is 2. The van der Waals surface area contributed by atoms with Crippen LogP contribution in [0.2, 0.25) is 0 Å². The number of hydrogen-bond donors (Lipinski definition) is 2. The molecule has 0 amide bonds. The molecule has 0 bridgehead atoms. The quantitative estimate of drug-likeness (QED) is 0.308. The van der Waals surface area contributed by atoms with E-state index in [0.717, 1.165) is 18.2 Å². The number of benzene rings is 2. The second kappa shape index (κ2) is 13.3. The first-order valence-electron chi connectivity index (χ1n) is 9.61. The number of hydrogen-bond acceptors (Lipinski definition) is 5. The third-order valence-electron chi connectivity index (χ3n) is 4.69. The minimum atomic E-state index is -1.59. The van der Waals surface area contributed by atoms with Crippen molar-refractivity contribution >= 4 is 30.8 Å². The maximum absolute atomic E-state index is 14.4. The lowest BCUT2D eigenvalue weighted by molar-refractivity contribution is -0.0987. The zero-order valence-corrected chi connectivity index (χ0v) is 17.8. The first-order chi connectivity index (χ1) is 15.8. The molecule has 1 heterocycles. The summed E-state index contributed by atoms with van der Waals surface area (Å²) in [6, 6.07) is 5.50. The van der Waals surface area contributed by atoms with Crippen molar-refractivity contribution in [2.45, 2.75) is 25.1 Å². The summed E-state index contributed by atoms with van der Waals surface area (Å²) in [5.41, 5.74) is 0.357. The van der Waals surface area contributed by atoms with Crippen LogP contribution in [0.5, 0.6) is 0 Å². The summed E-state index contributed by atoms with van der Waals surface area (Å²) in [6.07, 6.45) is -1.53. The van der Waals surface area contributed by atoms with Gasteiger partial charge in [0.1, 0.15) is 31.4 Å². The van der Waals surface area contributed by atoms with Gasteiger partial charge in [-0.3, -0.25) is 4.99 Å². The molecule has 0 radical (unpaired) electrons. The van der Waals surface area contributed by atoms with Crippen LogP contribution < -0.4 is 10.2 Å². The van der Waals surface area contributed by atoms with Crippen LogP contribution >= 0.6 is 0 Å². The van der Waals surface area contributed by atoms with Gasteiger partial charge in [0.2, 0.25) is 0 Å². The summed E-state index contributed by atoms with van der Waals surface area (Å²) in [6.45, 7) is 4.00. The Labute approximate surface area is 187 Å². The standard InChI is InChI=1S/C20H20F5N3O.2CH2O/c1-26-20(27-13-7-16(23)19(25)17(24)8-13)11-2-5-15(22)18(6-11)28-9-12(21)3-4-14(29)10-28;2*1-2/h2,5-8,12,14,29H,3-4,9-10H2,1H3,(H,26,27);2*1H2. The predicted octanol–water partition coefficient (Wildman–Crippen LogP) is 3.66. The molecule has 0 aromatic heterocycles. The van der Waals surface area contributed by atoms with Crippen LogP contribution in [0.15, 0.2) is 35.3 Å². The normalized spacial score (nSPS) is 18.3. The number of rotatable bonds is 3. The predicted molar refractivity (Wildman–Crippen MR) is 115 cm³/mol. The Morgan fingerprint density at radius 1 is 1.00 bits per heavy atom. The van der Waals surface area contributed by atoms with Gasteiger partial charge in [-0.15, -0.1) is 0 Å². The number of carbonyl (C=O) groups is 2. The van der Waals surface area contributed by atoms with Crippen molar-refractivity contribution in [3.05, 3.63) is 59.2 Å². The minimum Gasteiger partial charge on any atom is -0.391 e. The van der Waals surface area contributed by atoms with E-state index >= 15 is 0 Å². The van der Waals surface area contributed by atoms with Crippen LogP contribution in [0.25, 0.3) is 0 Å². The van der Waals surface area contributed by atoms with Crippen LogP contribution in [0.3, 0.4) is 0 Å². The van der Waals surface area contributed by atoms with Crippen LogP contribution in [0, 0.1) is 23.3 Å². The van der Waals surface area contributed by atoms with Crippen LogP contribution in [-0.4, -0.2) is 56.9 Å². The lowest BCUT2D eigenvalue weighted by Gasteiger charge is -2.26. The third kappa shape index (κ3) is 7.35. The van der Waals surface area contributed by atoms with E-state index in [1.54, 1.807) is 0 Å². The van der Waals surface area contributed by atoms with E-state index in [9.17, 15) is 27.1 Å². The molecule has 1 fully saturated rings. The number of anilines is 2. The van der Waals surface area contributed by atoms with Crippen molar-refractivity contribution in [1.82, 2.24) is 0 Å². The molecule has 180 valence electrons. The van der Waals surface area contributed by atoms with Crippen molar-refractivity contribution in [3.8, 4) is 0 Å². The fourth-order valence-electron chi connectivity index (χ4n) is 3.24. The van der Waals surface area contributed by atoms with E-state index < -0.39 is 35.5 Å². The average molecular weight is 473 g/mol. The molecule has 2 N–H and O–H groups in total. The number of β-amino-alcohol motifs (C(OH)–C–C–N with tert-alkyl or cyclic N) is 1. The van der Waals surface area contributed by atoms with Gasteiger partial charge in [0.15, 0.2) is 17.5 Å². The van der Waals surface area contributed by atoms with Crippen LogP contribution in [0.1, 0.15) is 18.4 Å². The van der Waals surface area contributed by atoms with Crippen molar-refractivity contribution in [2.75, 3.05) is 30.4 Å². The van der Waals surface area contributed by atoms with Gasteiger partial charge in [0.25, 0.3) is 0 Å². The summed E-state index contributed by atoms with van der Waals surface area (Å²) in [7, 11) is 1.41. The highest BCUT2D eigenvalue weighted by molar-refractivity contribution is 6.08. The Morgan fingerprint density at radius 2 is 1.61 bits per heavy atom. The molecule has 1 aliphatic rings. The number of amidine groups is 1. The zero-order valence-electron chi connectivity index (χ0n) is 17.8. The lowest BCUT2D eigenvalue weighted by Crippen LogP contribution is -2.34. The number of aliphatic hydroxyl groups excluding tert-OH is 1. The highest BCUT2D eigenvalue weighted by Gasteiger charge is 2.25. The summed E-state index contributed by atoms with van der Waals surface area (Å²) in [5.74, 6) is -4.78. The largest absolute Gasteiger partial charge is 0.391 e. The molecule has 2 aromatic carbocycles. The first kappa shape index (κ1) is 27.7. The number of alkyl halides is 1. The van der Waals surface area contributed by atoms with Gasteiger partial charge < -0.3 is 24.9 Å². The van der Waals surface area contributed by atoms with Gasteiger partial charge in [0.05, 0.1) is 11.8 Å². The van der Waals surface area contributed by atoms with E-state index in [2.05, 4.69) is 10.3 Å². The molecular formula is C22H24F5N3O3. The Morgan fingerprint density at radius 3 is 2.18 bits per heavy atom. The van der Waals surface area contributed by atoms with Crippen LogP contribution in [0.4, 0.5) is 33.3 Å². The highest BCUT2D eigenvalue weighted by atomic mass is 19.2. The van der Waals surface area contributed by atoms with Crippen LogP contribution in [-0.2, 0) is 9.59 Å². The summed E-state index contributed by atoms with van der Waals surface area (Å²) in [5, 5.41) is 12.6. The van der Waals surface area contributed by atoms with E-state index in [4.69, 9.17) is 9.59 Å². The molecule has 1 aliphatic heterocycles. The van der Waals surface area contributed by atoms with Gasteiger partial charge in [-0.1, -0.05) is 0 Å². The van der Waals surface area contributed by atoms with E-state index in [-0.39, 0.29) is 43.1 Å². The fraction of sp³-hybridized carbons (Fsp3) is 0.318. The van der Waals surface area contributed by atoms with E-state index in [1.807, 2.05) is 13.6 Å². The number of nitrogens with zero attached hydrogens (tertiary/aromatic N) is 2. The lowest BCUT2D eigenvalue weighted by atomic mass is 10.1. The third-order valence-corrected chi connectivity index (χ3v) is 4.69. The number of aliphatic hydroxyl groups is 1. The zero-order chi connectivity index (χ0) is 25.1. The fourth-order valence-corrected chi connectivity index (χ4v) is 3.24. The molecule has 6 nitrogen and oxygen atoms in total. The number of nitrogens with one attached hydrogen (secondary N) is 1. The van der Waals surface area contributed by atoms with Crippen molar-refractivity contribution in [2.24, 2.45) is 4.99 Å². The Bertz CT molecular complexity index is 924. The summed E-state index contributed by atoms with van der Waals surface area (Å²) in [4.78, 5) is 21.4. The molecule has 0 saturated carbocycles. The minimum absolute atomic E-state index is 0.0706. The molecule has 0 aliphatic carbocycles. The van der Waals surface area contributed by atoms with Gasteiger partial charge >= 0.3 is 0 Å². The molecule has 1 saturated heterocycles. The van der Waals surface area contributed by atoms with Gasteiger partial charge in [-0.05, 0) is 31.0 Å². The van der Waals surface area contributed by atoms with Gasteiger partial charge in [-0.25, -0.2) is 22.0 Å². The Balaban J connectivity index is 0.00000129. The molecule has 2 aromatic rings. The molecule has 11 heteroatoms. The highest BCUT2D eigenvalue weighted by Crippen LogP contribution is 2.26. The van der Waals surface area contributed by atoms with Crippen molar-refractivity contribution in [3.63, 3.8) is 0 Å². The molecule has 33 heavy (non-hydrogen) atoms. The van der Waals surface area contributed by atoms with E-state index in [0.29, 0.717) is 5.56 Å². The topological polar surface area (TPSA) is 82.0 Å². The Kier molecular flexibility index (Phi) is 11.1. The summed E-state index contributed by atoms with van der Waals surface area (Å²) < 4.78 is 68.5. The van der Waals surface area contributed by atoms with Gasteiger partial charge in [0, 0.05) is 43.5 Å². The SMILES string of the molecule is C=O.C=O.CN=C(Nc1cc(F)c(F)c(F)c1)c1ccc(F)c(N2CC(O)CCC(F)C2)c1. The monoisotopic (exact) mass is 473 g/mol. The molecule has 2 unspecified atom stereocenters. The maximum Gasteiger partial charge on any atom is 0.194 e. The van der Waals surface area contributed by atoms with E-state index in [1.165, 1.54) is 24.1 Å². The molecule has 0 spiro atoms. The molecule has 3 rings (SSSR count). The Hall–Kier alpha value is -3.34. The second-order valence-corrected chi connectivity index (χ2v) is 6.85. The number of aliphatic imine (C=N–C) groups is 1. The molecular weight excluding hydrogens is 449 g/mol. The van der Waals surface area contributed by atoms with Gasteiger partial charge in [-0.2, -0.15) is 0 Å². The smallest absolute Gasteiger partial charge is 0.194 e. The molecule has 2 atom stereocenters. The number of halogens is 5. The summed E-state index contributed by atoms with van der Waals surface area (Å²) >= 11 is 0. The van der Waals surface area contributed by atoms with Crippen molar-refractivity contribution in [1.29, 1.82) is 0 Å². The second-order valence-electron chi connectivity index (χ2n) is 6.85. The first-order valence-corrected chi connectivity index (χ1v) is 9.61.